The van der Waals surface area contributed by atoms with Gasteiger partial charge in [0, 0.05) is 6.54 Å². The van der Waals surface area contributed by atoms with Crippen molar-refractivity contribution in [1.29, 1.82) is 0 Å². The molecule has 3 N–H and O–H groups in total. The molecule has 0 aliphatic heterocycles. The van der Waals surface area contributed by atoms with Crippen LogP contribution in [0.15, 0.2) is 30.3 Å². The lowest BCUT2D eigenvalue weighted by Crippen LogP contribution is -2.47. The Bertz CT molecular complexity index is 446. The zero-order valence-corrected chi connectivity index (χ0v) is 12.1. The van der Waals surface area contributed by atoms with E-state index in [4.69, 9.17) is 10.5 Å². The van der Waals surface area contributed by atoms with Crippen LogP contribution in [0, 0.1) is 5.92 Å². The standard InChI is InChI=1S/C15H22N2O3/c1-10(2)13(15(19)20-3)17-14(18)12(9-16)11-7-5-4-6-8-11/h4-8,10,12-13H,9,16H2,1-3H3,(H,17,18). The van der Waals surface area contributed by atoms with Gasteiger partial charge in [-0.25, -0.2) is 4.79 Å². The largest absolute Gasteiger partial charge is 0.467 e. The normalized spacial score (nSPS) is 13.7. The van der Waals surface area contributed by atoms with Crippen LogP contribution in [0.3, 0.4) is 0 Å². The second-order valence-electron chi connectivity index (χ2n) is 4.95. The fraction of sp³-hybridized carbons (Fsp3) is 0.467. The minimum atomic E-state index is -0.662. The molecule has 1 aromatic rings. The molecule has 0 fully saturated rings. The molecule has 0 saturated carbocycles. The highest BCUT2D eigenvalue weighted by Crippen LogP contribution is 2.15. The average Bonchev–Trinajstić information content (AvgIpc) is 2.45. The first-order valence-corrected chi connectivity index (χ1v) is 6.64. The number of esters is 1. The van der Waals surface area contributed by atoms with E-state index in [1.807, 2.05) is 44.2 Å². The molecule has 5 heteroatoms. The molecule has 0 heterocycles. The maximum atomic E-state index is 12.3. The molecule has 0 aliphatic carbocycles. The Labute approximate surface area is 119 Å². The third-order valence-electron chi connectivity index (χ3n) is 3.17. The molecule has 0 radical (unpaired) electrons. The molecular weight excluding hydrogens is 256 g/mol. The fourth-order valence-electron chi connectivity index (χ4n) is 1.96. The number of hydrogen-bond donors (Lipinski definition) is 2. The van der Waals surface area contributed by atoms with Crippen LogP contribution in [0.25, 0.3) is 0 Å². The summed E-state index contributed by atoms with van der Waals surface area (Å²) >= 11 is 0. The lowest BCUT2D eigenvalue weighted by Gasteiger charge is -2.23. The summed E-state index contributed by atoms with van der Waals surface area (Å²) in [6.45, 7) is 3.88. The molecule has 5 nitrogen and oxygen atoms in total. The van der Waals surface area contributed by atoms with Crippen molar-refractivity contribution in [3.63, 3.8) is 0 Å². The number of hydrogen-bond acceptors (Lipinski definition) is 4. The molecule has 2 unspecified atom stereocenters. The van der Waals surface area contributed by atoms with Gasteiger partial charge in [-0.3, -0.25) is 4.79 Å². The second kappa shape index (κ2) is 7.65. The molecule has 2 atom stereocenters. The zero-order chi connectivity index (χ0) is 15.1. The van der Waals surface area contributed by atoms with Crippen LogP contribution >= 0.6 is 0 Å². The summed E-state index contributed by atoms with van der Waals surface area (Å²) in [5.74, 6) is -1.23. The van der Waals surface area contributed by atoms with Crippen LogP contribution in [0.1, 0.15) is 25.3 Å². The minimum absolute atomic E-state index is 0.0550. The number of benzene rings is 1. The van der Waals surface area contributed by atoms with E-state index >= 15 is 0 Å². The predicted molar refractivity (Wildman–Crippen MR) is 77.0 cm³/mol. The van der Waals surface area contributed by atoms with Gasteiger partial charge < -0.3 is 15.8 Å². The molecule has 110 valence electrons. The van der Waals surface area contributed by atoms with Crippen LogP contribution in [0.5, 0.6) is 0 Å². The first-order valence-electron chi connectivity index (χ1n) is 6.64. The molecule has 1 amide bonds. The van der Waals surface area contributed by atoms with Crippen LogP contribution in [0.4, 0.5) is 0 Å². The van der Waals surface area contributed by atoms with Gasteiger partial charge in [0.2, 0.25) is 5.91 Å². The molecule has 0 bridgehead atoms. The average molecular weight is 278 g/mol. The van der Waals surface area contributed by atoms with E-state index in [-0.39, 0.29) is 18.4 Å². The molecule has 0 spiro atoms. The van der Waals surface area contributed by atoms with E-state index in [1.54, 1.807) is 0 Å². The number of methoxy groups -OCH3 is 1. The van der Waals surface area contributed by atoms with Gasteiger partial charge in [-0.1, -0.05) is 44.2 Å². The van der Waals surface area contributed by atoms with E-state index in [2.05, 4.69) is 5.32 Å². The Balaban J connectivity index is 2.84. The number of carbonyl (C=O) groups excluding carboxylic acids is 2. The first kappa shape index (κ1) is 16.2. The van der Waals surface area contributed by atoms with Crippen molar-refractivity contribution in [2.24, 2.45) is 11.7 Å². The molecule has 0 aromatic heterocycles. The molecular formula is C15H22N2O3. The predicted octanol–water partition coefficient (Wildman–Crippen LogP) is 1.04. The van der Waals surface area contributed by atoms with Gasteiger partial charge in [0.15, 0.2) is 0 Å². The van der Waals surface area contributed by atoms with Gasteiger partial charge in [0.05, 0.1) is 13.0 Å². The Kier molecular flexibility index (Phi) is 6.18. The van der Waals surface area contributed by atoms with Gasteiger partial charge in [-0.2, -0.15) is 0 Å². The van der Waals surface area contributed by atoms with E-state index in [1.165, 1.54) is 7.11 Å². The Morgan fingerprint density at radius 1 is 1.25 bits per heavy atom. The Morgan fingerprint density at radius 2 is 1.85 bits per heavy atom. The second-order valence-corrected chi connectivity index (χ2v) is 4.95. The third kappa shape index (κ3) is 4.06. The maximum absolute atomic E-state index is 12.3. The topological polar surface area (TPSA) is 81.4 Å². The van der Waals surface area contributed by atoms with Crippen LogP contribution in [-0.2, 0) is 14.3 Å². The van der Waals surface area contributed by atoms with Crippen LogP contribution < -0.4 is 11.1 Å². The smallest absolute Gasteiger partial charge is 0.328 e. The summed E-state index contributed by atoms with van der Waals surface area (Å²) in [5, 5.41) is 2.72. The summed E-state index contributed by atoms with van der Waals surface area (Å²) in [4.78, 5) is 24.0. The number of rotatable bonds is 6. The highest BCUT2D eigenvalue weighted by atomic mass is 16.5. The van der Waals surface area contributed by atoms with E-state index in [0.717, 1.165) is 5.56 Å². The van der Waals surface area contributed by atoms with Crippen LogP contribution in [0.2, 0.25) is 0 Å². The van der Waals surface area contributed by atoms with Crippen molar-refractivity contribution < 1.29 is 14.3 Å². The lowest BCUT2D eigenvalue weighted by atomic mass is 9.96. The highest BCUT2D eigenvalue weighted by Gasteiger charge is 2.28. The van der Waals surface area contributed by atoms with Gasteiger partial charge in [0.1, 0.15) is 6.04 Å². The van der Waals surface area contributed by atoms with Crippen molar-refractivity contribution in [3.8, 4) is 0 Å². The van der Waals surface area contributed by atoms with E-state index < -0.39 is 17.9 Å². The van der Waals surface area contributed by atoms with Gasteiger partial charge >= 0.3 is 5.97 Å². The Hall–Kier alpha value is -1.88. The van der Waals surface area contributed by atoms with E-state index in [0.29, 0.717) is 0 Å². The molecule has 1 aromatic carbocycles. The summed E-state index contributed by atoms with van der Waals surface area (Å²) in [5.41, 5.74) is 6.52. The summed E-state index contributed by atoms with van der Waals surface area (Å²) in [6.07, 6.45) is 0. The SMILES string of the molecule is COC(=O)C(NC(=O)C(CN)c1ccccc1)C(C)C. The number of amides is 1. The monoisotopic (exact) mass is 278 g/mol. The number of nitrogens with two attached hydrogens (primary N) is 1. The number of carbonyl (C=O) groups is 2. The van der Waals surface area contributed by atoms with Crippen molar-refractivity contribution >= 4 is 11.9 Å². The number of ether oxygens (including phenoxy) is 1. The minimum Gasteiger partial charge on any atom is -0.467 e. The van der Waals surface area contributed by atoms with Gasteiger partial charge in [-0.15, -0.1) is 0 Å². The lowest BCUT2D eigenvalue weighted by molar-refractivity contribution is -0.146. The van der Waals surface area contributed by atoms with Gasteiger partial charge in [-0.05, 0) is 11.5 Å². The van der Waals surface area contributed by atoms with Crippen molar-refractivity contribution in [1.82, 2.24) is 5.32 Å². The fourth-order valence-corrected chi connectivity index (χ4v) is 1.96. The first-order chi connectivity index (χ1) is 9.51. The maximum Gasteiger partial charge on any atom is 0.328 e. The Morgan fingerprint density at radius 3 is 2.30 bits per heavy atom. The summed E-state index contributed by atoms with van der Waals surface area (Å²) in [7, 11) is 1.31. The molecule has 1 rings (SSSR count). The summed E-state index contributed by atoms with van der Waals surface area (Å²) < 4.78 is 4.71. The zero-order valence-electron chi connectivity index (χ0n) is 12.1. The van der Waals surface area contributed by atoms with Crippen molar-refractivity contribution in [3.05, 3.63) is 35.9 Å². The number of nitrogens with one attached hydrogen (secondary N) is 1. The quantitative estimate of drug-likeness (QED) is 0.762. The molecule has 0 saturated heterocycles. The van der Waals surface area contributed by atoms with Crippen molar-refractivity contribution in [2.45, 2.75) is 25.8 Å². The molecule has 0 aliphatic rings. The summed E-state index contributed by atoms with van der Waals surface area (Å²) in [6, 6.07) is 8.61. The molecule has 20 heavy (non-hydrogen) atoms. The van der Waals surface area contributed by atoms with Crippen LogP contribution in [-0.4, -0.2) is 31.6 Å². The highest BCUT2D eigenvalue weighted by molar-refractivity contribution is 5.88. The van der Waals surface area contributed by atoms with Gasteiger partial charge in [0.25, 0.3) is 0 Å². The van der Waals surface area contributed by atoms with E-state index in [9.17, 15) is 9.59 Å². The third-order valence-corrected chi connectivity index (χ3v) is 3.17. The van der Waals surface area contributed by atoms with Crippen molar-refractivity contribution in [2.75, 3.05) is 13.7 Å².